The van der Waals surface area contributed by atoms with Gasteiger partial charge in [0, 0.05) is 0 Å². The maximum atomic E-state index is 10.4. The maximum Gasteiger partial charge on any atom is 0.341 e. The normalized spacial score (nSPS) is 11.7. The lowest BCUT2D eigenvalue weighted by Gasteiger charge is -2.09. The van der Waals surface area contributed by atoms with Crippen molar-refractivity contribution in [1.29, 1.82) is 0 Å². The molecule has 0 aliphatic carbocycles. The van der Waals surface area contributed by atoms with Crippen LogP contribution in [-0.4, -0.2) is 18.6 Å². The van der Waals surface area contributed by atoms with Crippen LogP contribution in [0.25, 0.3) is 17.2 Å². The fourth-order valence-electron chi connectivity index (χ4n) is 2.31. The average Bonchev–Trinajstić information content (AvgIpc) is 2.60. The minimum Gasteiger partial charge on any atom is -0.545 e. The van der Waals surface area contributed by atoms with Crippen molar-refractivity contribution in [2.45, 2.75) is 18.9 Å². The van der Waals surface area contributed by atoms with E-state index in [1.165, 1.54) is 6.08 Å². The Bertz CT molecular complexity index is 738. The van der Waals surface area contributed by atoms with Gasteiger partial charge in [0.05, 0.1) is 12.6 Å². The molecule has 2 aromatic carbocycles. The Balaban J connectivity index is 1.86. The molecule has 0 heterocycles. The zero-order valence-electron chi connectivity index (χ0n) is 14.0. The molecule has 0 bridgehead atoms. The first-order valence-corrected chi connectivity index (χ1v) is 13.4. The van der Waals surface area contributed by atoms with Crippen molar-refractivity contribution in [3.05, 3.63) is 60.2 Å². The van der Waals surface area contributed by atoms with Gasteiger partial charge in [0.15, 0.2) is 0 Å². The quantitative estimate of drug-likeness (QED) is 0.246. The van der Waals surface area contributed by atoms with Gasteiger partial charge in [0.1, 0.15) is 5.75 Å². The number of benzene rings is 2. The molecule has 0 amide bonds. The van der Waals surface area contributed by atoms with Gasteiger partial charge < -0.3 is 14.6 Å². The largest absolute Gasteiger partial charge is 0.545 e. The number of hydrogen-bond donors (Lipinski definition) is 0. The van der Waals surface area contributed by atoms with Crippen molar-refractivity contribution in [3.63, 3.8) is 0 Å². The molecule has 7 heteroatoms. The van der Waals surface area contributed by atoms with E-state index in [0.717, 1.165) is 41.4 Å². The number of hydrogen-bond acceptors (Lipinski definition) is 3. The monoisotopic (exact) mass is 427 g/mol. The second-order valence-electron chi connectivity index (χ2n) is 5.72. The Morgan fingerprint density at radius 3 is 2.08 bits per heavy atom. The molecule has 0 aliphatic rings. The first-order chi connectivity index (χ1) is 12.3. The van der Waals surface area contributed by atoms with Gasteiger partial charge in [0.25, 0.3) is 0 Å². The molecule has 0 aromatic heterocycles. The fourth-order valence-corrected chi connectivity index (χ4v) is 4.17. The highest BCUT2D eigenvalue weighted by molar-refractivity contribution is 7.64. The van der Waals surface area contributed by atoms with Gasteiger partial charge in [-0.3, -0.25) is 0 Å². The van der Waals surface area contributed by atoms with Crippen molar-refractivity contribution in [2.24, 2.45) is 0 Å². The fraction of sp³-hybridized carbons (Fsp3) is 0.211. The van der Waals surface area contributed by atoms with Crippen LogP contribution >= 0.6 is 33.2 Å². The number of carbonyl (C=O) groups is 1. The molecule has 0 aliphatic heterocycles. The van der Waals surface area contributed by atoms with E-state index in [1.807, 2.05) is 48.5 Å². The van der Waals surface area contributed by atoms with Gasteiger partial charge in [-0.15, -0.1) is 33.2 Å². The van der Waals surface area contributed by atoms with Gasteiger partial charge >= 0.3 is 6.00 Å². The third kappa shape index (κ3) is 7.83. The zero-order valence-corrected chi connectivity index (χ0v) is 17.2. The van der Waals surface area contributed by atoms with Gasteiger partial charge in [-0.2, -0.15) is 0 Å². The molecule has 0 radical (unpaired) electrons. The van der Waals surface area contributed by atoms with Crippen molar-refractivity contribution in [1.82, 2.24) is 0 Å². The molecule has 2 aromatic rings. The molecular formula is C19H18Cl3O3Si-. The summed E-state index contributed by atoms with van der Waals surface area (Å²) in [4.78, 5) is 10.4. The number of ether oxygens (including phenoxy) is 1. The molecule has 0 unspecified atom stereocenters. The molecular weight excluding hydrogens is 411 g/mol. The SMILES string of the molecule is O=C([O-])/C=C/c1ccc(-c2ccc(OCCCC[Si](Cl)(Cl)Cl)cc2)cc1. The van der Waals surface area contributed by atoms with Crippen LogP contribution in [0.15, 0.2) is 54.6 Å². The Labute approximate surface area is 168 Å². The molecule has 2 rings (SSSR count). The number of carboxylic acid groups (broad SMARTS) is 1. The summed E-state index contributed by atoms with van der Waals surface area (Å²) in [6, 6.07) is 13.5. The van der Waals surface area contributed by atoms with Gasteiger partial charge in [0.2, 0.25) is 0 Å². The smallest absolute Gasteiger partial charge is 0.341 e. The van der Waals surface area contributed by atoms with Gasteiger partial charge in [-0.05, 0) is 53.8 Å². The van der Waals surface area contributed by atoms with Crippen LogP contribution in [0.2, 0.25) is 6.04 Å². The van der Waals surface area contributed by atoms with Crippen LogP contribution in [0, 0.1) is 0 Å². The lowest BCUT2D eigenvalue weighted by Crippen LogP contribution is -2.18. The van der Waals surface area contributed by atoms with Crippen LogP contribution in [-0.2, 0) is 4.79 Å². The number of carboxylic acids is 1. The molecule has 0 saturated heterocycles. The van der Waals surface area contributed by atoms with E-state index in [0.29, 0.717) is 12.7 Å². The predicted octanol–water partition coefficient (Wildman–Crippen LogP) is 4.93. The average molecular weight is 429 g/mol. The highest BCUT2D eigenvalue weighted by Crippen LogP contribution is 2.27. The van der Waals surface area contributed by atoms with E-state index >= 15 is 0 Å². The molecule has 26 heavy (non-hydrogen) atoms. The van der Waals surface area contributed by atoms with Crippen LogP contribution in [0.1, 0.15) is 18.4 Å². The number of halogens is 3. The van der Waals surface area contributed by atoms with Crippen molar-refractivity contribution >= 4 is 51.3 Å². The van der Waals surface area contributed by atoms with Crippen molar-refractivity contribution < 1.29 is 14.6 Å². The molecule has 0 saturated carbocycles. The zero-order chi connectivity index (χ0) is 19.0. The second-order valence-corrected chi connectivity index (χ2v) is 15.0. The lowest BCUT2D eigenvalue weighted by atomic mass is 10.0. The van der Waals surface area contributed by atoms with E-state index in [4.69, 9.17) is 38.0 Å². The summed E-state index contributed by atoms with van der Waals surface area (Å²) in [5, 5.41) is 10.4. The van der Waals surface area contributed by atoms with E-state index in [9.17, 15) is 9.90 Å². The van der Waals surface area contributed by atoms with Crippen LogP contribution < -0.4 is 9.84 Å². The van der Waals surface area contributed by atoms with Gasteiger partial charge in [-0.25, -0.2) is 0 Å². The van der Waals surface area contributed by atoms with E-state index in [1.54, 1.807) is 0 Å². The highest BCUT2D eigenvalue weighted by atomic mass is 35.8. The van der Waals surface area contributed by atoms with Crippen molar-refractivity contribution in [2.75, 3.05) is 6.61 Å². The first-order valence-electron chi connectivity index (χ1n) is 8.12. The topological polar surface area (TPSA) is 49.4 Å². The maximum absolute atomic E-state index is 10.4. The van der Waals surface area contributed by atoms with E-state index < -0.39 is 12.0 Å². The third-order valence-electron chi connectivity index (χ3n) is 3.63. The Hall–Kier alpha value is -1.46. The minimum atomic E-state index is -2.52. The third-order valence-corrected chi connectivity index (χ3v) is 6.25. The summed E-state index contributed by atoms with van der Waals surface area (Å²) in [6.07, 6.45) is 4.21. The first kappa shape index (κ1) is 20.8. The molecule has 138 valence electrons. The summed E-state index contributed by atoms with van der Waals surface area (Å²) in [5.74, 6) is -0.410. The Morgan fingerprint density at radius 2 is 1.54 bits per heavy atom. The lowest BCUT2D eigenvalue weighted by molar-refractivity contribution is -0.297. The Morgan fingerprint density at radius 1 is 0.962 bits per heavy atom. The molecule has 0 N–H and O–H groups in total. The number of rotatable bonds is 9. The predicted molar refractivity (Wildman–Crippen MR) is 109 cm³/mol. The van der Waals surface area contributed by atoms with Crippen LogP contribution in [0.5, 0.6) is 5.75 Å². The van der Waals surface area contributed by atoms with Crippen LogP contribution in [0.4, 0.5) is 0 Å². The number of carbonyl (C=O) groups excluding carboxylic acids is 1. The summed E-state index contributed by atoms with van der Waals surface area (Å²) < 4.78 is 5.70. The molecule has 0 fully saturated rings. The minimum absolute atomic E-state index is 0.591. The van der Waals surface area contributed by atoms with E-state index in [-0.39, 0.29) is 0 Å². The molecule has 3 nitrogen and oxygen atoms in total. The molecule has 0 atom stereocenters. The van der Waals surface area contributed by atoms with Gasteiger partial charge in [-0.1, -0.05) is 42.5 Å². The summed E-state index contributed by atoms with van der Waals surface area (Å²) in [5.41, 5.74) is 2.89. The number of aliphatic carboxylic acids is 1. The number of unbranched alkanes of at least 4 members (excludes halogenated alkanes) is 1. The van der Waals surface area contributed by atoms with Crippen LogP contribution in [0.3, 0.4) is 0 Å². The molecule has 0 spiro atoms. The highest BCUT2D eigenvalue weighted by Gasteiger charge is 2.23. The second kappa shape index (κ2) is 10.0. The summed E-state index contributed by atoms with van der Waals surface area (Å²) in [7, 11) is 0. The van der Waals surface area contributed by atoms with E-state index in [2.05, 4.69) is 0 Å². The standard InChI is InChI=1S/C19H19Cl3O3Si/c20-26(21,22)14-2-1-13-25-18-10-8-17(9-11-18)16-6-3-15(4-7-16)5-12-19(23)24/h3-12H,1-2,13-14H2,(H,23,24)/p-1/b12-5+. The van der Waals surface area contributed by atoms with Crippen molar-refractivity contribution in [3.8, 4) is 16.9 Å². The Kier molecular flexibility index (Phi) is 8.03. The summed E-state index contributed by atoms with van der Waals surface area (Å²) >= 11 is 17.5. The summed E-state index contributed by atoms with van der Waals surface area (Å²) in [6.45, 7) is 0.591.